The molecule has 4 heterocycles. The predicted molar refractivity (Wildman–Crippen MR) is 271 cm³/mol. The molecule has 0 N–H and O–H groups in total. The Bertz CT molecular complexity index is 3730. The molecule has 4 heteroatoms. The van der Waals surface area contributed by atoms with Gasteiger partial charge in [-0.2, -0.15) is 0 Å². The molecular weight excluding hydrogens is 787 g/mol. The van der Waals surface area contributed by atoms with Crippen molar-refractivity contribution >= 4 is 78.9 Å². The lowest BCUT2D eigenvalue weighted by molar-refractivity contribution is 0.332. The van der Waals surface area contributed by atoms with Gasteiger partial charge < -0.3 is 14.1 Å². The molecule has 0 bridgehead atoms. The van der Waals surface area contributed by atoms with Crippen molar-refractivity contribution in [3.05, 3.63) is 209 Å². The minimum absolute atomic E-state index is 0.0378. The van der Waals surface area contributed by atoms with Crippen molar-refractivity contribution in [3.63, 3.8) is 0 Å². The molecule has 3 nitrogen and oxygen atoms in total. The molecule has 0 amide bonds. The summed E-state index contributed by atoms with van der Waals surface area (Å²) in [5, 5.41) is 4.77. The number of hydrogen-bond acceptors (Lipinski definition) is 3. The fourth-order valence-corrected chi connectivity index (χ4v) is 13.5. The summed E-state index contributed by atoms with van der Waals surface area (Å²) in [7, 11) is 0. The molecule has 0 unspecified atom stereocenters. The zero-order valence-electron chi connectivity index (χ0n) is 37.0. The van der Waals surface area contributed by atoms with Crippen LogP contribution in [0.2, 0.25) is 0 Å². The average molecular weight is 833 g/mol. The van der Waals surface area contributed by atoms with Gasteiger partial charge in [0.05, 0.1) is 16.8 Å². The van der Waals surface area contributed by atoms with Gasteiger partial charge in [0, 0.05) is 38.8 Å². The number of fused-ring (bicyclic) bond motifs is 20. The van der Waals surface area contributed by atoms with Crippen LogP contribution in [-0.2, 0) is 16.2 Å². The normalized spacial score (nSPS) is 17.1. The third-order valence-electron chi connectivity index (χ3n) is 16.5. The van der Waals surface area contributed by atoms with E-state index in [0.717, 1.165) is 33.9 Å². The lowest BCUT2D eigenvalue weighted by atomic mass is 9.42. The van der Waals surface area contributed by atoms with Gasteiger partial charge in [0.1, 0.15) is 11.2 Å². The van der Waals surface area contributed by atoms with Crippen LogP contribution in [-0.4, -0.2) is 6.85 Å². The van der Waals surface area contributed by atoms with E-state index in [-0.39, 0.29) is 17.7 Å². The summed E-state index contributed by atoms with van der Waals surface area (Å²) in [5.41, 5.74) is 23.6. The Kier molecular flexibility index (Phi) is 6.71. The Morgan fingerprint density at radius 3 is 1.94 bits per heavy atom. The Morgan fingerprint density at radius 1 is 0.477 bits per heavy atom. The van der Waals surface area contributed by atoms with Crippen LogP contribution in [0.1, 0.15) is 73.9 Å². The highest BCUT2D eigenvalue weighted by Crippen LogP contribution is 2.65. The van der Waals surface area contributed by atoms with Crippen molar-refractivity contribution in [2.45, 2.75) is 56.8 Å². The van der Waals surface area contributed by atoms with E-state index in [1.54, 1.807) is 0 Å². The van der Waals surface area contributed by atoms with Crippen molar-refractivity contribution in [3.8, 4) is 22.3 Å². The second-order valence-electron chi connectivity index (χ2n) is 20.5. The molecule has 0 saturated carbocycles. The van der Waals surface area contributed by atoms with Gasteiger partial charge in [0.2, 0.25) is 0 Å². The van der Waals surface area contributed by atoms with E-state index in [4.69, 9.17) is 4.42 Å². The van der Waals surface area contributed by atoms with Crippen LogP contribution in [0, 0.1) is 0 Å². The Labute approximate surface area is 379 Å². The average Bonchev–Trinajstić information content (AvgIpc) is 3.86. The van der Waals surface area contributed by atoms with Gasteiger partial charge >= 0.3 is 6.85 Å². The molecule has 0 radical (unpaired) electrons. The van der Waals surface area contributed by atoms with Gasteiger partial charge in [-0.05, 0) is 133 Å². The summed E-state index contributed by atoms with van der Waals surface area (Å²) in [6.07, 6.45) is 2.33. The smallest absolute Gasteiger partial charge is 0.333 e. The van der Waals surface area contributed by atoms with Crippen molar-refractivity contribution in [2.24, 2.45) is 0 Å². The van der Waals surface area contributed by atoms with Gasteiger partial charge in [0.15, 0.2) is 0 Å². The molecule has 15 rings (SSSR count). The van der Waals surface area contributed by atoms with Crippen LogP contribution in [0.25, 0.3) is 55.0 Å². The topological polar surface area (TPSA) is 19.6 Å². The van der Waals surface area contributed by atoms with Crippen LogP contribution in [0.4, 0.5) is 28.4 Å². The summed E-state index contributed by atoms with van der Waals surface area (Å²) in [4.78, 5) is 5.38. The van der Waals surface area contributed by atoms with E-state index in [1.165, 1.54) is 107 Å². The summed E-state index contributed by atoms with van der Waals surface area (Å²) >= 11 is 0. The molecule has 10 aromatic rings. The van der Waals surface area contributed by atoms with Gasteiger partial charge in [0.25, 0.3) is 0 Å². The minimum Gasteiger partial charge on any atom is -0.455 e. The predicted octanol–water partition coefficient (Wildman–Crippen LogP) is 14.5. The highest BCUT2D eigenvalue weighted by molar-refractivity contribution is 6.94. The Balaban J connectivity index is 1.13. The molecule has 1 aromatic heterocycles. The summed E-state index contributed by atoms with van der Waals surface area (Å²) in [6.45, 7) is 9.63. The van der Waals surface area contributed by atoms with Crippen molar-refractivity contribution in [1.29, 1.82) is 0 Å². The maximum atomic E-state index is 7.08. The molecule has 9 aromatic carbocycles. The van der Waals surface area contributed by atoms with Crippen molar-refractivity contribution in [2.75, 3.05) is 9.71 Å². The second-order valence-corrected chi connectivity index (χ2v) is 20.5. The van der Waals surface area contributed by atoms with Crippen LogP contribution in [0.15, 0.2) is 180 Å². The number of benzene rings is 9. The van der Waals surface area contributed by atoms with Gasteiger partial charge in [-0.25, -0.2) is 0 Å². The number of para-hydroxylation sites is 3. The highest BCUT2D eigenvalue weighted by Gasteiger charge is 2.56. The molecular formula is C61H45BN2O. The summed E-state index contributed by atoms with van der Waals surface area (Å²) in [5.74, 6) is 0. The number of furan rings is 1. The SMILES string of the molecule is CC1(C)CCC(C)(C)c2cc(N3B4c5cccc6c5N(c5ccccc5C65c6ccccc6-c6ccccc65)c5c4c(cc4ccccc54)-c4c3ccc3c4oc4ccccc43)ccc21. The van der Waals surface area contributed by atoms with Crippen LogP contribution in [0.3, 0.4) is 0 Å². The molecule has 65 heavy (non-hydrogen) atoms. The quantitative estimate of drug-likeness (QED) is 0.154. The van der Waals surface area contributed by atoms with E-state index >= 15 is 0 Å². The summed E-state index contributed by atoms with van der Waals surface area (Å²) < 4.78 is 7.08. The monoisotopic (exact) mass is 832 g/mol. The zero-order chi connectivity index (χ0) is 43.1. The van der Waals surface area contributed by atoms with E-state index < -0.39 is 5.41 Å². The van der Waals surface area contributed by atoms with E-state index in [0.29, 0.717) is 0 Å². The van der Waals surface area contributed by atoms with Crippen molar-refractivity contribution < 1.29 is 4.42 Å². The second kappa shape index (κ2) is 12.1. The number of hydrogen-bond donors (Lipinski definition) is 0. The molecule has 0 fully saturated rings. The minimum atomic E-state index is -0.518. The Hall–Kier alpha value is -7.30. The van der Waals surface area contributed by atoms with E-state index in [2.05, 4.69) is 213 Å². The molecule has 1 spiro atoms. The number of anilines is 5. The summed E-state index contributed by atoms with van der Waals surface area (Å²) in [6, 6.07) is 67.1. The lowest BCUT2D eigenvalue weighted by Gasteiger charge is -2.52. The molecule has 5 aliphatic rings. The molecule has 3 aliphatic heterocycles. The largest absolute Gasteiger partial charge is 0.455 e. The standard InChI is InChI=1S/C61H45BN2O/c1-59(2)32-33-60(3,4)49-35-37(28-30-46(49)59)64-52-31-29-42-41-20-9-14-27-53(41)65-58(42)54(52)43-34-36-16-5-6-17-38(36)56-55(43)62(64)50-25-15-24-48-57(50)63(56)51-26-13-12-23-47(51)61(48)44-21-10-7-18-39(44)40-19-8-11-22-45(40)61/h5-31,34-35H,32-33H2,1-4H3. The molecule has 0 saturated heterocycles. The first-order chi connectivity index (χ1) is 31.8. The first kappa shape index (κ1) is 36.1. The number of rotatable bonds is 1. The lowest BCUT2D eigenvalue weighted by Crippen LogP contribution is -2.62. The van der Waals surface area contributed by atoms with Gasteiger partial charge in [-0.3, -0.25) is 0 Å². The molecule has 308 valence electrons. The fourth-order valence-electron chi connectivity index (χ4n) is 13.5. The van der Waals surface area contributed by atoms with Gasteiger partial charge in [-0.15, -0.1) is 0 Å². The van der Waals surface area contributed by atoms with Crippen LogP contribution < -0.4 is 20.6 Å². The number of nitrogens with zero attached hydrogens (tertiary/aromatic N) is 2. The third kappa shape index (κ3) is 4.30. The van der Waals surface area contributed by atoms with Crippen molar-refractivity contribution in [1.82, 2.24) is 0 Å². The first-order valence-corrected chi connectivity index (χ1v) is 23.4. The van der Waals surface area contributed by atoms with Crippen LogP contribution >= 0.6 is 0 Å². The maximum absolute atomic E-state index is 7.08. The first-order valence-electron chi connectivity index (χ1n) is 23.4. The zero-order valence-corrected chi connectivity index (χ0v) is 37.0. The van der Waals surface area contributed by atoms with E-state index in [1.807, 2.05) is 0 Å². The molecule has 0 atom stereocenters. The maximum Gasteiger partial charge on any atom is 0.333 e. The Morgan fingerprint density at radius 2 is 1.14 bits per heavy atom. The van der Waals surface area contributed by atoms with Crippen LogP contribution in [0.5, 0.6) is 0 Å². The van der Waals surface area contributed by atoms with E-state index in [9.17, 15) is 0 Å². The highest BCUT2D eigenvalue weighted by atomic mass is 16.3. The fraction of sp³-hybridized carbons (Fsp3) is 0.148. The molecule has 2 aliphatic carbocycles. The third-order valence-corrected chi connectivity index (χ3v) is 16.5. The van der Waals surface area contributed by atoms with Gasteiger partial charge in [-0.1, -0.05) is 161 Å².